The zero-order chi connectivity index (χ0) is 12.3. The Bertz CT molecular complexity index is 267. The van der Waals surface area contributed by atoms with Crippen LogP contribution in [-0.2, 0) is 19.1 Å². The summed E-state index contributed by atoms with van der Waals surface area (Å²) in [5.74, 6) is 0. The second-order valence-corrected chi connectivity index (χ2v) is 5.66. The van der Waals surface area contributed by atoms with Gasteiger partial charge in [0, 0.05) is 6.00 Å². The molecule has 3 radical (unpaired) electrons. The fourth-order valence-corrected chi connectivity index (χ4v) is 2.14. The van der Waals surface area contributed by atoms with E-state index in [2.05, 4.69) is 8.02 Å². The lowest BCUT2D eigenvalue weighted by Crippen LogP contribution is -2.43. The lowest BCUT2D eigenvalue weighted by molar-refractivity contribution is 0.0314. The summed E-state index contributed by atoms with van der Waals surface area (Å²) in [5.41, 5.74) is 0. The molecular formula is C7H14B2FNO2PS. The number of halogens is 1. The van der Waals surface area contributed by atoms with Crippen LogP contribution in [0.3, 0.4) is 0 Å². The van der Waals surface area contributed by atoms with Crippen LogP contribution in [0.15, 0.2) is 0 Å². The van der Waals surface area contributed by atoms with E-state index in [-0.39, 0.29) is 6.61 Å². The van der Waals surface area contributed by atoms with Crippen molar-refractivity contribution in [2.75, 3.05) is 20.7 Å². The maximum Gasteiger partial charge on any atom is 0.205 e. The molecule has 3 nitrogen and oxygen atoms in total. The molecule has 0 bridgehead atoms. The van der Waals surface area contributed by atoms with Crippen LogP contribution in [0.1, 0.15) is 0 Å². The monoisotopic (exact) mass is 250 g/mol. The molecule has 1 fully saturated rings. The normalized spacial score (nSPS) is 39.1. The van der Waals surface area contributed by atoms with Crippen LogP contribution < -0.4 is 0 Å². The molecule has 0 aromatic carbocycles. The van der Waals surface area contributed by atoms with E-state index in [9.17, 15) is 4.39 Å². The summed E-state index contributed by atoms with van der Waals surface area (Å²) in [7, 11) is 12.6. The molecule has 83 valence electrons. The molecule has 1 aliphatic heterocycles. The highest BCUT2D eigenvalue weighted by Crippen LogP contribution is 2.25. The molecule has 5 atom stereocenters. The number of nitrogens with zero attached hydrogens (tertiary/aromatic N) is 1. The molecular weight excluding hydrogens is 234 g/mol. The molecule has 0 N–H and O–H groups in total. The van der Waals surface area contributed by atoms with Gasteiger partial charge in [0.1, 0.15) is 14.0 Å². The van der Waals surface area contributed by atoms with Crippen molar-refractivity contribution < 1.29 is 13.3 Å². The van der Waals surface area contributed by atoms with Gasteiger partial charge < -0.3 is 13.8 Å². The minimum absolute atomic E-state index is 0.207. The molecule has 0 aliphatic carbocycles. The van der Waals surface area contributed by atoms with Gasteiger partial charge in [-0.05, 0) is 15.4 Å². The Labute approximate surface area is 98.1 Å². The van der Waals surface area contributed by atoms with Gasteiger partial charge in [0.2, 0.25) is 7.09 Å². The quantitative estimate of drug-likeness (QED) is 0.488. The van der Waals surface area contributed by atoms with Crippen molar-refractivity contribution in [2.24, 2.45) is 0 Å². The molecule has 1 heterocycles. The minimum atomic E-state index is -1.22. The van der Waals surface area contributed by atoms with Gasteiger partial charge in [-0.25, -0.2) is 4.39 Å². The molecule has 8 heteroatoms. The smallest absolute Gasteiger partial charge is 0.205 e. The van der Waals surface area contributed by atoms with E-state index in [1.165, 1.54) is 0 Å². The molecule has 1 saturated heterocycles. The minimum Gasteiger partial charge on any atom is -0.378 e. The third-order valence-corrected chi connectivity index (χ3v) is 3.05. The zero-order valence-corrected chi connectivity index (χ0v) is 10.5. The van der Waals surface area contributed by atoms with Crippen LogP contribution >= 0.6 is 8.02 Å². The summed E-state index contributed by atoms with van der Waals surface area (Å²) in [6.45, 7) is 0.207. The summed E-state index contributed by atoms with van der Waals surface area (Å²) in [5, 5.41) is 0. The Kier molecular flexibility index (Phi) is 4.65. The lowest BCUT2D eigenvalue weighted by Gasteiger charge is -2.25. The van der Waals surface area contributed by atoms with Gasteiger partial charge >= 0.3 is 0 Å². The number of likely N-dealkylation sites (N-methyl/N-ethyl adjacent to an activating group) is 1. The predicted octanol–water partition coefficient (Wildman–Crippen LogP) is -0.428. The van der Waals surface area contributed by atoms with Gasteiger partial charge in [0.05, 0.1) is 18.8 Å². The largest absolute Gasteiger partial charge is 0.378 e. The second-order valence-electron chi connectivity index (χ2n) is 3.62. The number of hydrogen-bond acceptors (Lipinski definition) is 3. The first kappa shape index (κ1) is 12.1. The SMILES string of the molecule is [3H][B]S(=P)OC[C@H]1O[C@@H]([B])C(F)[C@H]1N(C)C. The van der Waals surface area contributed by atoms with Gasteiger partial charge in [0.25, 0.3) is 0 Å². The van der Waals surface area contributed by atoms with E-state index in [1.54, 1.807) is 19.0 Å². The van der Waals surface area contributed by atoms with Crippen LogP contribution in [0.25, 0.3) is 0 Å². The highest BCUT2D eigenvalue weighted by molar-refractivity contribution is 8.27. The van der Waals surface area contributed by atoms with Crippen molar-refractivity contribution in [1.82, 2.24) is 4.90 Å². The first-order chi connectivity index (χ1) is 7.47. The van der Waals surface area contributed by atoms with Crippen molar-refractivity contribution >= 4 is 33.2 Å². The van der Waals surface area contributed by atoms with Crippen molar-refractivity contribution in [3.8, 4) is 0 Å². The van der Waals surface area contributed by atoms with Gasteiger partial charge in [-0.2, -0.15) is 0 Å². The summed E-state index contributed by atoms with van der Waals surface area (Å²) < 4.78 is 31.2. The molecule has 0 aromatic heterocycles. The average Bonchev–Trinajstić information content (AvgIpc) is 2.51. The van der Waals surface area contributed by atoms with Crippen molar-refractivity contribution in [1.29, 1.82) is 1.34 Å². The fraction of sp³-hybridized carbons (Fsp3) is 1.00. The number of hydrogen-bond donors (Lipinski definition) is 0. The van der Waals surface area contributed by atoms with E-state index in [0.29, 0.717) is 0 Å². The maximum absolute atomic E-state index is 13.7. The first-order valence-electron chi connectivity index (χ1n) is 5.06. The Morgan fingerprint density at radius 3 is 3.00 bits per heavy atom. The second kappa shape index (κ2) is 5.78. The van der Waals surface area contributed by atoms with Gasteiger partial charge in [-0.15, -0.1) is 0 Å². The van der Waals surface area contributed by atoms with Crippen molar-refractivity contribution in [3.05, 3.63) is 0 Å². The van der Waals surface area contributed by atoms with Crippen LogP contribution in [0.4, 0.5) is 4.39 Å². The van der Waals surface area contributed by atoms with Crippen LogP contribution in [-0.4, -0.2) is 66.2 Å². The predicted molar refractivity (Wildman–Crippen MR) is 65.6 cm³/mol. The van der Waals surface area contributed by atoms with E-state index in [1.807, 2.05) is 0 Å². The molecule has 15 heavy (non-hydrogen) atoms. The van der Waals surface area contributed by atoms with E-state index < -0.39 is 34.5 Å². The van der Waals surface area contributed by atoms with Gasteiger partial charge in [0.15, 0.2) is 0 Å². The highest BCUT2D eigenvalue weighted by Gasteiger charge is 2.43. The Morgan fingerprint density at radius 1 is 1.80 bits per heavy atom. The van der Waals surface area contributed by atoms with E-state index in [0.717, 1.165) is 7.09 Å². The molecule has 1 aliphatic rings. The van der Waals surface area contributed by atoms with Crippen LogP contribution in [0.5, 0.6) is 0 Å². The number of alkyl halides is 1. The highest BCUT2D eigenvalue weighted by atomic mass is 32.5. The third kappa shape index (κ3) is 3.53. The standard InChI is InChI=1S/C7H14B2FNO2PS/c1-11(2)6-4(3-12-15(9)14)13-7(8)5(6)10/h4-7,9,14H,3H2,1-2H3/t4-,5?,6+,7-,15?/m1/s1/i9T. The molecule has 2 unspecified atom stereocenters. The molecule has 1 rings (SSSR count). The Morgan fingerprint density at radius 2 is 2.47 bits per heavy atom. The Balaban J connectivity index is 2.54. The van der Waals surface area contributed by atoms with Gasteiger partial charge in [-0.1, -0.05) is 18.2 Å². The topological polar surface area (TPSA) is 21.7 Å². The zero-order valence-electron chi connectivity index (χ0n) is 9.72. The molecule has 0 spiro atoms. The first-order valence-corrected chi connectivity index (χ1v) is 6.92. The van der Waals surface area contributed by atoms with Crippen LogP contribution in [0, 0.1) is 0 Å². The number of ether oxygens (including phenoxy) is 1. The number of rotatable bonds is 5. The van der Waals surface area contributed by atoms with Crippen molar-refractivity contribution in [3.63, 3.8) is 0 Å². The molecule has 0 aromatic rings. The van der Waals surface area contributed by atoms with E-state index >= 15 is 0 Å². The maximum atomic E-state index is 13.7. The third-order valence-electron chi connectivity index (χ3n) is 2.31. The van der Waals surface area contributed by atoms with Gasteiger partial charge in [-0.3, -0.25) is 0 Å². The Hall–Kier alpha value is 0.590. The van der Waals surface area contributed by atoms with Crippen LogP contribution in [0.2, 0.25) is 0 Å². The molecule has 0 saturated carbocycles. The lowest BCUT2D eigenvalue weighted by atomic mass is 9.92. The van der Waals surface area contributed by atoms with Crippen molar-refractivity contribution in [2.45, 2.75) is 24.3 Å². The molecule has 0 amide bonds. The summed E-state index contributed by atoms with van der Waals surface area (Å²) in [6.07, 6.45) is -1.63. The fourth-order valence-electron chi connectivity index (χ4n) is 1.65. The average molecular weight is 250 g/mol. The summed E-state index contributed by atoms with van der Waals surface area (Å²) >= 11 is 0. The summed E-state index contributed by atoms with van der Waals surface area (Å²) in [4.78, 5) is 1.74. The van der Waals surface area contributed by atoms with E-state index in [4.69, 9.17) is 18.1 Å². The summed E-state index contributed by atoms with van der Waals surface area (Å²) in [6, 6.07) is -1.32.